The molecule has 0 saturated heterocycles. The fourth-order valence-electron chi connectivity index (χ4n) is 3.11. The van der Waals surface area contributed by atoms with Crippen LogP contribution in [0.5, 0.6) is 0 Å². The van der Waals surface area contributed by atoms with E-state index in [0.29, 0.717) is 6.42 Å². The molecular weight excluding hydrogens is 545 g/mol. The molecule has 2 unspecified atom stereocenters. The smallest absolute Gasteiger partial charge is 0.384 e. The topological polar surface area (TPSA) is 86.3 Å². The Morgan fingerprint density at radius 2 is 1.25 bits per heavy atom. The van der Waals surface area contributed by atoms with Crippen molar-refractivity contribution in [3.05, 3.63) is 0 Å². The van der Waals surface area contributed by atoms with Crippen LogP contribution < -0.4 is 5.32 Å². The van der Waals surface area contributed by atoms with Crippen molar-refractivity contribution in [2.24, 2.45) is 5.92 Å². The van der Waals surface area contributed by atoms with Crippen LogP contribution in [0, 0.1) is 124 Å². The molecule has 0 aromatic heterocycles. The van der Waals surface area contributed by atoms with Gasteiger partial charge in [0.15, 0.2) is 4.99 Å². The molecule has 0 radical (unpaired) electrons. The number of ether oxygens (including phenoxy) is 2. The summed E-state index contributed by atoms with van der Waals surface area (Å²) in [6.07, 6.45) is -0.855. The molecule has 0 amide bonds. The summed E-state index contributed by atoms with van der Waals surface area (Å²) >= 11 is 5.27. The molecule has 198 valence electrons. The molecule has 1 saturated carbocycles. The summed E-state index contributed by atoms with van der Waals surface area (Å²) in [7, 11) is -0.153. The van der Waals surface area contributed by atoms with E-state index >= 15 is 0 Å². The Balaban J connectivity index is 2.64. The minimum atomic E-state index is -4.24. The van der Waals surface area contributed by atoms with Crippen LogP contribution in [-0.2, 0) is 23.1 Å². The molecule has 1 rings (SSSR count). The number of phosphoric acid groups is 1. The number of hydrogen-bond acceptors (Lipinski definition) is 6. The minimum absolute atomic E-state index is 0.216. The van der Waals surface area contributed by atoms with Gasteiger partial charge >= 0.3 is 7.82 Å². The average molecular weight is 568 g/mol. The predicted molar refractivity (Wildman–Crippen MR) is 155 cm³/mol. The third-order valence-electron chi connectivity index (χ3n) is 4.56. The summed E-state index contributed by atoms with van der Waals surface area (Å²) in [5.41, 5.74) is 0. The first-order valence-corrected chi connectivity index (χ1v) is 13.1. The van der Waals surface area contributed by atoms with Gasteiger partial charge < -0.3 is 19.7 Å². The van der Waals surface area contributed by atoms with E-state index < -0.39 is 20.0 Å². The number of hydrogen-bond donors (Lipinski definition) is 2. The Morgan fingerprint density at radius 1 is 0.800 bits per heavy atom. The highest BCUT2D eigenvalue weighted by atomic mass is 32.1. The van der Waals surface area contributed by atoms with Crippen molar-refractivity contribution < 1.29 is 28.0 Å². The van der Waals surface area contributed by atoms with Crippen LogP contribution in [-0.4, -0.2) is 56.1 Å². The van der Waals surface area contributed by atoms with Crippen molar-refractivity contribution in [3.63, 3.8) is 0 Å². The number of methoxy groups -OCH3 is 2. The molecule has 0 aromatic rings. The van der Waals surface area contributed by atoms with Crippen molar-refractivity contribution in [2.75, 3.05) is 27.9 Å². The van der Waals surface area contributed by atoms with E-state index in [1.807, 2.05) is 0 Å². The van der Waals surface area contributed by atoms with Crippen LogP contribution in [0.15, 0.2) is 0 Å². The van der Waals surface area contributed by atoms with E-state index in [1.165, 1.54) is 14.2 Å². The molecule has 1 aliphatic carbocycles. The lowest BCUT2D eigenvalue weighted by Crippen LogP contribution is -2.44. The molecule has 1 aliphatic rings. The maximum absolute atomic E-state index is 12.0. The zero-order valence-electron chi connectivity index (χ0n) is 22.1. The maximum Gasteiger partial charge on any atom is 0.472 e. The highest BCUT2D eigenvalue weighted by molar-refractivity contribution is 7.80. The third kappa shape index (κ3) is 14.5. The molecular formula is C31H22NO6PS. The first kappa shape index (κ1) is 33.5. The molecule has 2 N–H and O–H groups in total. The van der Waals surface area contributed by atoms with Crippen LogP contribution in [0.3, 0.4) is 0 Å². The zero-order chi connectivity index (χ0) is 29.5. The van der Waals surface area contributed by atoms with Gasteiger partial charge in [0.2, 0.25) is 0 Å². The lowest BCUT2D eigenvalue weighted by molar-refractivity contribution is -0.0282. The minimum Gasteiger partial charge on any atom is -0.384 e. The van der Waals surface area contributed by atoms with Crippen LogP contribution in [0.4, 0.5) is 0 Å². The first-order valence-electron chi connectivity index (χ1n) is 11.2. The average Bonchev–Trinajstić information content (AvgIpc) is 3.24. The SMILES string of the molecule is CC#CC#CC#CC#CC#CC#CC#CC#CC#CC#CC(=S)N[C@H]1C[C@H](COC)C(OP(=O)(O)OC)[C@@H]1OC. The summed E-state index contributed by atoms with van der Waals surface area (Å²) < 4.78 is 32.6. The fourth-order valence-corrected chi connectivity index (χ4v) is 3.99. The van der Waals surface area contributed by atoms with Crippen molar-refractivity contribution in [2.45, 2.75) is 31.6 Å². The molecule has 0 heterocycles. The quantitative estimate of drug-likeness (QED) is 0.269. The van der Waals surface area contributed by atoms with Gasteiger partial charge in [0, 0.05) is 39.1 Å². The Hall–Kier alpha value is -4.48. The van der Waals surface area contributed by atoms with Crippen molar-refractivity contribution >= 4 is 25.0 Å². The van der Waals surface area contributed by atoms with Gasteiger partial charge in [0.05, 0.1) is 12.6 Å². The van der Waals surface area contributed by atoms with Gasteiger partial charge in [-0.05, 0) is 114 Å². The molecule has 0 bridgehead atoms. The van der Waals surface area contributed by atoms with E-state index in [9.17, 15) is 9.46 Å². The summed E-state index contributed by atoms with van der Waals surface area (Å²) in [6.45, 7) is 1.97. The van der Waals surface area contributed by atoms with Gasteiger partial charge in [-0.2, -0.15) is 0 Å². The maximum atomic E-state index is 12.0. The normalized spacial score (nSPS) is 18.4. The second-order valence-corrected chi connectivity index (χ2v) is 9.00. The first-order chi connectivity index (χ1) is 19.4. The number of thiocarbonyl (C=S) groups is 1. The predicted octanol–water partition coefficient (Wildman–Crippen LogP) is 1.14. The lowest BCUT2D eigenvalue weighted by atomic mass is 10.1. The molecule has 1 fully saturated rings. The molecule has 7 nitrogen and oxygen atoms in total. The van der Waals surface area contributed by atoms with E-state index in [2.05, 4.69) is 128 Å². The van der Waals surface area contributed by atoms with Crippen LogP contribution in [0.1, 0.15) is 13.3 Å². The highest BCUT2D eigenvalue weighted by Crippen LogP contribution is 2.48. The highest BCUT2D eigenvalue weighted by Gasteiger charge is 2.47. The number of nitrogens with one attached hydrogen (secondary N) is 1. The number of rotatable bonds is 7. The van der Waals surface area contributed by atoms with E-state index in [0.717, 1.165) is 7.11 Å². The van der Waals surface area contributed by atoms with Gasteiger partial charge in [-0.1, -0.05) is 18.1 Å². The Kier molecular flexibility index (Phi) is 17.2. The summed E-state index contributed by atoms with van der Waals surface area (Å²) in [6, 6.07) is -0.339. The number of phosphoric ester groups is 1. The van der Waals surface area contributed by atoms with Crippen molar-refractivity contribution in [1.82, 2.24) is 5.32 Å². The lowest BCUT2D eigenvalue weighted by Gasteiger charge is -2.26. The van der Waals surface area contributed by atoms with Gasteiger partial charge in [0.1, 0.15) is 12.2 Å². The molecule has 0 aliphatic heterocycles. The van der Waals surface area contributed by atoms with Crippen LogP contribution >= 0.6 is 20.0 Å². The van der Waals surface area contributed by atoms with Crippen molar-refractivity contribution in [3.8, 4) is 118 Å². The monoisotopic (exact) mass is 567 g/mol. The second kappa shape index (κ2) is 20.5. The molecule has 5 atom stereocenters. The van der Waals surface area contributed by atoms with E-state index in [-0.39, 0.29) is 23.6 Å². The van der Waals surface area contributed by atoms with E-state index in [1.54, 1.807) is 6.92 Å². The van der Waals surface area contributed by atoms with Gasteiger partial charge in [0.25, 0.3) is 0 Å². The largest absolute Gasteiger partial charge is 0.472 e. The van der Waals surface area contributed by atoms with Crippen molar-refractivity contribution in [1.29, 1.82) is 0 Å². The zero-order valence-corrected chi connectivity index (χ0v) is 23.8. The van der Waals surface area contributed by atoms with Gasteiger partial charge in [-0.3, -0.25) is 9.05 Å². The molecule has 9 heteroatoms. The summed E-state index contributed by atoms with van der Waals surface area (Å²) in [4.78, 5) is 9.98. The standard InChI is InChI=1S/C31H22NO6PS/c1-5-6-7-8-9-10-11-12-13-14-15-16-17-18-19-20-21-22-23-24-29(40)32-28-25-27(26-35-2)30(31(28)36-3)38-39(33,34)37-4/h27-28,30-31H,25-26H2,1-4H3,(H,32,40)(H,33,34)/t27-,28+,30?,31-/m1/s1. The Labute approximate surface area is 241 Å². The Morgan fingerprint density at radius 3 is 1.65 bits per heavy atom. The molecule has 40 heavy (non-hydrogen) atoms. The van der Waals surface area contributed by atoms with Gasteiger partial charge in [-0.25, -0.2) is 4.57 Å². The second-order valence-electron chi connectivity index (χ2n) is 7.08. The summed E-state index contributed by atoms with van der Waals surface area (Å²) in [5.74, 6) is 50.5. The van der Waals surface area contributed by atoms with Crippen LogP contribution in [0.25, 0.3) is 0 Å². The van der Waals surface area contributed by atoms with E-state index in [4.69, 9.17) is 26.2 Å². The summed E-state index contributed by atoms with van der Waals surface area (Å²) in [5, 5.41) is 3.07. The van der Waals surface area contributed by atoms with Crippen LogP contribution in [0.2, 0.25) is 0 Å². The fraction of sp³-hybridized carbons (Fsp3) is 0.323. The third-order valence-corrected chi connectivity index (χ3v) is 5.75. The molecule has 0 spiro atoms. The molecule has 0 aromatic carbocycles. The Bertz CT molecular complexity index is 1630. The van der Waals surface area contributed by atoms with Gasteiger partial charge in [-0.15, -0.1) is 0 Å².